The molecule has 0 atom stereocenters. The third-order valence-electron chi connectivity index (χ3n) is 2.82. The van der Waals surface area contributed by atoms with Crippen molar-refractivity contribution in [2.24, 2.45) is 0 Å². The molecule has 0 bridgehead atoms. The molecule has 18 heavy (non-hydrogen) atoms. The number of nitrogens with zero attached hydrogens (tertiary/aromatic N) is 2. The van der Waals surface area contributed by atoms with Crippen LogP contribution in [0.2, 0.25) is 0 Å². The quantitative estimate of drug-likeness (QED) is 0.880. The maximum Gasteiger partial charge on any atom is 0.240 e. The molecular weight excluding hydrogens is 226 g/mol. The lowest BCUT2D eigenvalue weighted by molar-refractivity contribution is 0.364. The van der Waals surface area contributed by atoms with Gasteiger partial charge >= 0.3 is 0 Å². The highest BCUT2D eigenvalue weighted by molar-refractivity contribution is 5.24. The minimum absolute atomic E-state index is 0.577. The Hall–Kier alpha value is -1.68. The first-order valence-electron chi connectivity index (χ1n) is 6.24. The fourth-order valence-corrected chi connectivity index (χ4v) is 1.75. The summed E-state index contributed by atoms with van der Waals surface area (Å²) in [6.07, 6.45) is 0. The first-order chi connectivity index (χ1) is 8.65. The smallest absolute Gasteiger partial charge is 0.240 e. The maximum absolute atomic E-state index is 5.03. The fourth-order valence-electron chi connectivity index (χ4n) is 1.75. The van der Waals surface area contributed by atoms with E-state index in [0.29, 0.717) is 24.2 Å². The Kier molecular flexibility index (Phi) is 4.10. The molecule has 4 heteroatoms. The number of benzene rings is 1. The Balaban J connectivity index is 1.83. The highest BCUT2D eigenvalue weighted by atomic mass is 16.5. The van der Waals surface area contributed by atoms with E-state index < -0.39 is 0 Å². The lowest BCUT2D eigenvalue weighted by Crippen LogP contribution is -2.12. The molecule has 0 radical (unpaired) electrons. The topological polar surface area (TPSA) is 51.0 Å². The molecule has 0 amide bonds. The number of hydrogen-bond acceptors (Lipinski definition) is 4. The number of aryl methyl sites for hydroxylation is 1. The van der Waals surface area contributed by atoms with E-state index in [0.717, 1.165) is 6.54 Å². The maximum atomic E-state index is 5.03. The van der Waals surface area contributed by atoms with Crippen molar-refractivity contribution in [2.75, 3.05) is 0 Å². The van der Waals surface area contributed by atoms with Gasteiger partial charge in [-0.25, -0.2) is 0 Å². The summed E-state index contributed by atoms with van der Waals surface area (Å²) in [4.78, 5) is 4.14. The number of hydrogen-bond donors (Lipinski definition) is 1. The molecule has 0 unspecified atom stereocenters. The Morgan fingerprint density at radius 1 is 1.17 bits per heavy atom. The van der Waals surface area contributed by atoms with Crippen molar-refractivity contribution < 1.29 is 4.52 Å². The van der Waals surface area contributed by atoms with Crippen LogP contribution in [0.5, 0.6) is 0 Å². The molecular formula is C14H19N3O. The van der Waals surface area contributed by atoms with Crippen molar-refractivity contribution in [3.63, 3.8) is 0 Å². The lowest BCUT2D eigenvalue weighted by atomic mass is 10.0. The van der Waals surface area contributed by atoms with Gasteiger partial charge in [0.1, 0.15) is 0 Å². The summed E-state index contributed by atoms with van der Waals surface area (Å²) in [5.74, 6) is 1.88. The number of rotatable bonds is 5. The van der Waals surface area contributed by atoms with E-state index in [1.807, 2.05) is 6.92 Å². The Morgan fingerprint density at radius 2 is 1.89 bits per heavy atom. The van der Waals surface area contributed by atoms with E-state index in [-0.39, 0.29) is 0 Å². The number of aromatic nitrogens is 2. The minimum Gasteiger partial charge on any atom is -0.338 e. The summed E-state index contributed by atoms with van der Waals surface area (Å²) >= 11 is 0. The van der Waals surface area contributed by atoms with Gasteiger partial charge in [0.25, 0.3) is 0 Å². The molecule has 1 heterocycles. The van der Waals surface area contributed by atoms with Crippen molar-refractivity contribution in [2.45, 2.75) is 39.8 Å². The van der Waals surface area contributed by atoms with Gasteiger partial charge in [-0.05, 0) is 24.0 Å². The van der Waals surface area contributed by atoms with Crippen molar-refractivity contribution >= 4 is 0 Å². The van der Waals surface area contributed by atoms with Gasteiger partial charge in [-0.1, -0.05) is 43.3 Å². The first-order valence-corrected chi connectivity index (χ1v) is 6.24. The van der Waals surface area contributed by atoms with E-state index in [1.165, 1.54) is 11.1 Å². The van der Waals surface area contributed by atoms with Crippen LogP contribution in [0.15, 0.2) is 28.8 Å². The second-order valence-electron chi connectivity index (χ2n) is 4.74. The van der Waals surface area contributed by atoms with Gasteiger partial charge in [0, 0.05) is 6.54 Å². The second-order valence-corrected chi connectivity index (χ2v) is 4.74. The Bertz CT molecular complexity index is 488. The van der Waals surface area contributed by atoms with E-state index >= 15 is 0 Å². The molecule has 0 aliphatic heterocycles. The summed E-state index contributed by atoms with van der Waals surface area (Å²) in [5, 5.41) is 7.03. The van der Waals surface area contributed by atoms with Crippen LogP contribution >= 0.6 is 0 Å². The van der Waals surface area contributed by atoms with Crippen LogP contribution in [-0.4, -0.2) is 10.1 Å². The van der Waals surface area contributed by atoms with Crippen molar-refractivity contribution in [1.82, 2.24) is 15.5 Å². The Morgan fingerprint density at radius 3 is 2.44 bits per heavy atom. The predicted molar refractivity (Wildman–Crippen MR) is 70.1 cm³/mol. The lowest BCUT2D eigenvalue weighted by Gasteiger charge is -2.07. The molecule has 2 aromatic rings. The Labute approximate surface area is 107 Å². The molecule has 4 nitrogen and oxygen atoms in total. The van der Waals surface area contributed by atoms with Gasteiger partial charge in [0.15, 0.2) is 5.82 Å². The number of nitrogens with one attached hydrogen (secondary N) is 1. The zero-order valence-corrected chi connectivity index (χ0v) is 11.1. The standard InChI is InChI=1S/C14H19N3O/c1-10(2)13-6-4-12(5-7-13)8-15-9-14-16-11(3)17-18-14/h4-7,10,15H,8-9H2,1-3H3. The largest absolute Gasteiger partial charge is 0.338 e. The van der Waals surface area contributed by atoms with Crippen LogP contribution in [0.4, 0.5) is 0 Å². The van der Waals surface area contributed by atoms with Gasteiger partial charge in [-0.3, -0.25) is 0 Å². The summed E-state index contributed by atoms with van der Waals surface area (Å²) in [6.45, 7) is 7.63. The molecule has 2 rings (SSSR count). The molecule has 0 fully saturated rings. The van der Waals surface area contributed by atoms with E-state index in [9.17, 15) is 0 Å². The van der Waals surface area contributed by atoms with Crippen LogP contribution < -0.4 is 5.32 Å². The van der Waals surface area contributed by atoms with Crippen LogP contribution in [0.25, 0.3) is 0 Å². The average Bonchev–Trinajstić information content (AvgIpc) is 2.76. The normalized spacial score (nSPS) is 11.1. The zero-order chi connectivity index (χ0) is 13.0. The SMILES string of the molecule is Cc1noc(CNCc2ccc(C(C)C)cc2)n1. The summed E-state index contributed by atoms with van der Waals surface area (Å²) < 4.78 is 5.03. The molecule has 0 spiro atoms. The summed E-state index contributed by atoms with van der Waals surface area (Å²) in [5.41, 5.74) is 2.63. The van der Waals surface area contributed by atoms with Crippen LogP contribution in [-0.2, 0) is 13.1 Å². The molecule has 0 saturated carbocycles. The van der Waals surface area contributed by atoms with Gasteiger partial charge in [-0.15, -0.1) is 0 Å². The van der Waals surface area contributed by atoms with Crippen LogP contribution in [0.1, 0.15) is 42.6 Å². The molecule has 0 aliphatic rings. The highest BCUT2D eigenvalue weighted by Gasteiger charge is 2.02. The van der Waals surface area contributed by atoms with Gasteiger partial charge in [0.2, 0.25) is 5.89 Å². The minimum atomic E-state index is 0.577. The average molecular weight is 245 g/mol. The van der Waals surface area contributed by atoms with Crippen LogP contribution in [0.3, 0.4) is 0 Å². The van der Waals surface area contributed by atoms with E-state index in [2.05, 4.69) is 53.6 Å². The second kappa shape index (κ2) is 5.78. The van der Waals surface area contributed by atoms with Crippen molar-refractivity contribution in [1.29, 1.82) is 0 Å². The van der Waals surface area contributed by atoms with Gasteiger partial charge in [-0.2, -0.15) is 4.98 Å². The molecule has 0 saturated heterocycles. The van der Waals surface area contributed by atoms with Crippen molar-refractivity contribution in [3.8, 4) is 0 Å². The van der Waals surface area contributed by atoms with E-state index in [1.54, 1.807) is 0 Å². The summed E-state index contributed by atoms with van der Waals surface area (Å²) in [6, 6.07) is 8.67. The first kappa shape index (κ1) is 12.8. The summed E-state index contributed by atoms with van der Waals surface area (Å²) in [7, 11) is 0. The highest BCUT2D eigenvalue weighted by Crippen LogP contribution is 2.14. The van der Waals surface area contributed by atoms with Gasteiger partial charge in [0.05, 0.1) is 6.54 Å². The third-order valence-corrected chi connectivity index (χ3v) is 2.82. The molecule has 1 aromatic heterocycles. The predicted octanol–water partition coefficient (Wildman–Crippen LogP) is 2.79. The van der Waals surface area contributed by atoms with Crippen LogP contribution in [0, 0.1) is 6.92 Å². The zero-order valence-electron chi connectivity index (χ0n) is 11.1. The van der Waals surface area contributed by atoms with Crippen molar-refractivity contribution in [3.05, 3.63) is 47.1 Å². The molecule has 0 aliphatic carbocycles. The fraction of sp³-hybridized carbons (Fsp3) is 0.429. The third kappa shape index (κ3) is 3.40. The van der Waals surface area contributed by atoms with Gasteiger partial charge < -0.3 is 9.84 Å². The molecule has 96 valence electrons. The molecule has 1 N–H and O–H groups in total. The van der Waals surface area contributed by atoms with E-state index in [4.69, 9.17) is 4.52 Å². The molecule has 1 aromatic carbocycles. The monoisotopic (exact) mass is 245 g/mol.